The van der Waals surface area contributed by atoms with Gasteiger partial charge in [0.1, 0.15) is 0 Å². The maximum atomic E-state index is 6.34. The molecule has 2 atom stereocenters. The predicted octanol–water partition coefficient (Wildman–Crippen LogP) is 2.74. The van der Waals surface area contributed by atoms with E-state index >= 15 is 0 Å². The summed E-state index contributed by atoms with van der Waals surface area (Å²) in [7, 11) is 0. The average molecular weight is 234 g/mol. The highest BCUT2D eigenvalue weighted by Crippen LogP contribution is 2.16. The highest BCUT2D eigenvalue weighted by molar-refractivity contribution is 5.23. The molecule has 0 spiro atoms. The van der Waals surface area contributed by atoms with Gasteiger partial charge in [-0.15, -0.1) is 0 Å². The molecule has 1 aromatic carbocycles. The van der Waals surface area contributed by atoms with Gasteiger partial charge in [0.2, 0.25) is 0 Å². The van der Waals surface area contributed by atoms with Crippen molar-refractivity contribution in [2.45, 2.75) is 33.2 Å². The largest absolute Gasteiger partial charge is 0.321 e. The van der Waals surface area contributed by atoms with Crippen molar-refractivity contribution in [1.29, 1.82) is 0 Å². The first-order chi connectivity index (χ1) is 7.93. The van der Waals surface area contributed by atoms with Crippen molar-refractivity contribution in [2.24, 2.45) is 17.6 Å². The van der Waals surface area contributed by atoms with E-state index in [0.717, 1.165) is 13.1 Å². The van der Waals surface area contributed by atoms with Crippen LogP contribution in [0, 0.1) is 11.8 Å². The molecule has 1 rings (SSSR count). The average Bonchev–Trinajstić information content (AvgIpc) is 2.29. The maximum Gasteiger partial charge on any atom is 0.0507 e. The molecule has 0 aliphatic rings. The van der Waals surface area contributed by atoms with E-state index in [9.17, 15) is 0 Å². The molecule has 1 aromatic rings. The standard InChI is InChI=1S/C15H26N2/c1-12(2)13(3)10-17-11-15(4,16)14-8-6-5-7-9-14/h5-9,12-13,17H,10-11,16H2,1-4H3. The molecule has 0 aromatic heterocycles. The van der Waals surface area contributed by atoms with Crippen LogP contribution < -0.4 is 11.1 Å². The van der Waals surface area contributed by atoms with E-state index in [0.29, 0.717) is 11.8 Å². The lowest BCUT2D eigenvalue weighted by molar-refractivity contribution is 0.362. The Labute approximate surface area is 106 Å². The third kappa shape index (κ3) is 4.49. The van der Waals surface area contributed by atoms with E-state index < -0.39 is 0 Å². The van der Waals surface area contributed by atoms with Gasteiger partial charge < -0.3 is 11.1 Å². The zero-order valence-electron chi connectivity index (χ0n) is 11.5. The molecule has 2 heteroatoms. The lowest BCUT2D eigenvalue weighted by Crippen LogP contribution is -2.44. The van der Waals surface area contributed by atoms with Crippen molar-refractivity contribution >= 4 is 0 Å². The topological polar surface area (TPSA) is 38.0 Å². The maximum absolute atomic E-state index is 6.34. The van der Waals surface area contributed by atoms with Gasteiger partial charge in [0.15, 0.2) is 0 Å². The van der Waals surface area contributed by atoms with E-state index in [1.54, 1.807) is 0 Å². The number of hydrogen-bond acceptors (Lipinski definition) is 2. The molecule has 0 amide bonds. The third-order valence-electron chi connectivity index (χ3n) is 3.53. The fourth-order valence-electron chi connectivity index (χ4n) is 1.72. The van der Waals surface area contributed by atoms with Crippen LogP contribution >= 0.6 is 0 Å². The molecule has 17 heavy (non-hydrogen) atoms. The van der Waals surface area contributed by atoms with Crippen molar-refractivity contribution in [3.8, 4) is 0 Å². The van der Waals surface area contributed by atoms with Gasteiger partial charge in [0.25, 0.3) is 0 Å². The minimum atomic E-state index is -0.294. The molecule has 0 fully saturated rings. The normalized spacial score (nSPS) is 16.8. The Hall–Kier alpha value is -0.860. The highest BCUT2D eigenvalue weighted by Gasteiger charge is 2.20. The molecule has 0 radical (unpaired) electrons. The van der Waals surface area contributed by atoms with Crippen molar-refractivity contribution < 1.29 is 0 Å². The molecule has 2 unspecified atom stereocenters. The minimum Gasteiger partial charge on any atom is -0.321 e. The van der Waals surface area contributed by atoms with E-state index in [1.165, 1.54) is 5.56 Å². The summed E-state index contributed by atoms with van der Waals surface area (Å²) in [5.41, 5.74) is 7.23. The van der Waals surface area contributed by atoms with E-state index in [-0.39, 0.29) is 5.54 Å². The monoisotopic (exact) mass is 234 g/mol. The Morgan fingerprint density at radius 2 is 1.76 bits per heavy atom. The SMILES string of the molecule is CC(C)C(C)CNCC(C)(N)c1ccccc1. The van der Waals surface area contributed by atoms with Gasteiger partial charge >= 0.3 is 0 Å². The Morgan fingerprint density at radius 3 is 2.29 bits per heavy atom. The molecule has 3 N–H and O–H groups in total. The molecular weight excluding hydrogens is 208 g/mol. The Bertz CT molecular complexity index is 317. The second-order valence-corrected chi connectivity index (χ2v) is 5.64. The van der Waals surface area contributed by atoms with E-state index in [2.05, 4.69) is 45.1 Å². The Kier molecular flexibility index (Phi) is 5.16. The van der Waals surface area contributed by atoms with Gasteiger partial charge in [-0.25, -0.2) is 0 Å². The molecule has 2 nitrogen and oxygen atoms in total. The second kappa shape index (κ2) is 6.18. The molecule has 0 bridgehead atoms. The Balaban J connectivity index is 2.46. The fraction of sp³-hybridized carbons (Fsp3) is 0.600. The first-order valence-electron chi connectivity index (χ1n) is 6.48. The summed E-state index contributed by atoms with van der Waals surface area (Å²) >= 11 is 0. The zero-order chi connectivity index (χ0) is 12.9. The number of benzene rings is 1. The summed E-state index contributed by atoms with van der Waals surface area (Å²) in [6.07, 6.45) is 0. The summed E-state index contributed by atoms with van der Waals surface area (Å²) in [5.74, 6) is 1.39. The smallest absolute Gasteiger partial charge is 0.0507 e. The van der Waals surface area contributed by atoms with Gasteiger partial charge in [0.05, 0.1) is 5.54 Å². The van der Waals surface area contributed by atoms with Gasteiger partial charge in [0, 0.05) is 6.54 Å². The minimum absolute atomic E-state index is 0.294. The zero-order valence-corrected chi connectivity index (χ0v) is 11.5. The van der Waals surface area contributed by atoms with Crippen molar-refractivity contribution in [3.05, 3.63) is 35.9 Å². The van der Waals surface area contributed by atoms with E-state index in [4.69, 9.17) is 5.73 Å². The van der Waals surface area contributed by atoms with Gasteiger partial charge in [-0.1, -0.05) is 51.1 Å². The summed E-state index contributed by atoms with van der Waals surface area (Å²) < 4.78 is 0. The third-order valence-corrected chi connectivity index (χ3v) is 3.53. The lowest BCUT2D eigenvalue weighted by atomic mass is 9.92. The van der Waals surface area contributed by atoms with Crippen LogP contribution in [0.15, 0.2) is 30.3 Å². The Morgan fingerprint density at radius 1 is 1.18 bits per heavy atom. The lowest BCUT2D eigenvalue weighted by Gasteiger charge is -2.27. The summed E-state index contributed by atoms with van der Waals surface area (Å²) in [6.45, 7) is 10.7. The van der Waals surface area contributed by atoms with Crippen molar-refractivity contribution in [2.75, 3.05) is 13.1 Å². The quantitative estimate of drug-likeness (QED) is 0.794. The van der Waals surface area contributed by atoms with Crippen LogP contribution in [0.4, 0.5) is 0 Å². The predicted molar refractivity (Wildman–Crippen MR) is 74.9 cm³/mol. The number of nitrogens with one attached hydrogen (secondary N) is 1. The van der Waals surface area contributed by atoms with Crippen LogP contribution in [0.5, 0.6) is 0 Å². The molecule has 0 heterocycles. The molecule has 0 saturated heterocycles. The molecule has 0 saturated carbocycles. The molecule has 0 aliphatic heterocycles. The van der Waals surface area contributed by atoms with Crippen molar-refractivity contribution in [3.63, 3.8) is 0 Å². The summed E-state index contributed by atoms with van der Waals surface area (Å²) in [6, 6.07) is 10.3. The van der Waals surface area contributed by atoms with Crippen LogP contribution in [0.25, 0.3) is 0 Å². The number of hydrogen-bond donors (Lipinski definition) is 2. The summed E-state index contributed by atoms with van der Waals surface area (Å²) in [5, 5.41) is 3.48. The fourth-order valence-corrected chi connectivity index (χ4v) is 1.72. The first kappa shape index (κ1) is 14.2. The first-order valence-corrected chi connectivity index (χ1v) is 6.48. The number of rotatable bonds is 6. The van der Waals surface area contributed by atoms with Crippen LogP contribution in [-0.2, 0) is 5.54 Å². The van der Waals surface area contributed by atoms with Crippen LogP contribution in [0.1, 0.15) is 33.3 Å². The highest BCUT2D eigenvalue weighted by atomic mass is 14.9. The summed E-state index contributed by atoms with van der Waals surface area (Å²) in [4.78, 5) is 0. The molecule has 96 valence electrons. The second-order valence-electron chi connectivity index (χ2n) is 5.64. The van der Waals surface area contributed by atoms with Crippen LogP contribution in [-0.4, -0.2) is 13.1 Å². The van der Waals surface area contributed by atoms with Gasteiger partial charge in [-0.3, -0.25) is 0 Å². The van der Waals surface area contributed by atoms with Crippen molar-refractivity contribution in [1.82, 2.24) is 5.32 Å². The molecular formula is C15H26N2. The molecule has 0 aliphatic carbocycles. The van der Waals surface area contributed by atoms with Crippen LogP contribution in [0.2, 0.25) is 0 Å². The van der Waals surface area contributed by atoms with Crippen LogP contribution in [0.3, 0.4) is 0 Å². The van der Waals surface area contributed by atoms with E-state index in [1.807, 2.05) is 18.2 Å². The van der Waals surface area contributed by atoms with Gasteiger partial charge in [-0.2, -0.15) is 0 Å². The van der Waals surface area contributed by atoms with Gasteiger partial charge in [-0.05, 0) is 30.9 Å². The number of nitrogens with two attached hydrogens (primary N) is 1.